The largest absolute Gasteiger partial charge is 0.395 e. The van der Waals surface area contributed by atoms with E-state index in [1.54, 1.807) is 34.1 Å². The van der Waals surface area contributed by atoms with Crippen molar-refractivity contribution < 1.29 is 14.7 Å². The van der Waals surface area contributed by atoms with E-state index in [1.165, 1.54) is 0 Å². The number of β-amino-alcohol motifs (C(OH)–C–C–N with tert-alkyl or cyclic N) is 1. The maximum absolute atomic E-state index is 12.8. The predicted molar refractivity (Wildman–Crippen MR) is 80.6 cm³/mol. The number of hydrogen-bond donors (Lipinski definition) is 1. The molecular formula is C17H14N2O3. The predicted octanol–water partition coefficient (Wildman–Crippen LogP) is 1.79. The number of benzene rings is 2. The number of aliphatic hydroxyl groups is 1. The van der Waals surface area contributed by atoms with Crippen LogP contribution in [0.1, 0.15) is 32.4 Å². The normalized spacial score (nSPS) is 19.0. The molecule has 1 N–H and O–H groups in total. The van der Waals surface area contributed by atoms with Crippen molar-refractivity contribution >= 4 is 17.5 Å². The molecule has 22 heavy (non-hydrogen) atoms. The maximum Gasteiger partial charge on any atom is 0.260 e. The lowest BCUT2D eigenvalue weighted by Gasteiger charge is -2.40. The number of aliphatic hydroxyl groups excluding tert-OH is 1. The van der Waals surface area contributed by atoms with Crippen LogP contribution in [-0.2, 0) is 0 Å². The number of anilines is 1. The van der Waals surface area contributed by atoms with E-state index in [0.717, 1.165) is 5.56 Å². The van der Waals surface area contributed by atoms with Crippen LogP contribution in [0, 0.1) is 0 Å². The number of hydrogen-bond acceptors (Lipinski definition) is 3. The molecule has 2 heterocycles. The molecule has 1 atom stereocenters. The summed E-state index contributed by atoms with van der Waals surface area (Å²) in [6, 6.07) is 14.4. The zero-order valence-electron chi connectivity index (χ0n) is 11.8. The molecule has 0 spiro atoms. The van der Waals surface area contributed by atoms with Gasteiger partial charge in [-0.05, 0) is 18.2 Å². The van der Waals surface area contributed by atoms with Gasteiger partial charge in [-0.25, -0.2) is 0 Å². The Morgan fingerprint density at radius 2 is 1.59 bits per heavy atom. The van der Waals surface area contributed by atoms with Gasteiger partial charge >= 0.3 is 0 Å². The van der Waals surface area contributed by atoms with Crippen molar-refractivity contribution in [2.45, 2.75) is 6.17 Å². The molecule has 0 unspecified atom stereocenters. The minimum atomic E-state index is -0.474. The first-order valence-corrected chi connectivity index (χ1v) is 7.17. The zero-order valence-corrected chi connectivity index (χ0v) is 11.8. The summed E-state index contributed by atoms with van der Waals surface area (Å²) in [5.74, 6) is -0.265. The fraction of sp³-hybridized carbons (Fsp3) is 0.176. The number of carbonyl (C=O) groups excluding carboxylic acids is 2. The minimum Gasteiger partial charge on any atom is -0.395 e. The molecule has 0 fully saturated rings. The van der Waals surface area contributed by atoms with Gasteiger partial charge in [-0.15, -0.1) is 0 Å². The number of fused-ring (bicyclic) bond motifs is 5. The molecule has 0 radical (unpaired) electrons. The molecule has 0 bridgehead atoms. The van der Waals surface area contributed by atoms with Gasteiger partial charge in [0.25, 0.3) is 11.8 Å². The van der Waals surface area contributed by atoms with E-state index < -0.39 is 6.17 Å². The fourth-order valence-electron chi connectivity index (χ4n) is 3.31. The summed E-state index contributed by atoms with van der Waals surface area (Å²) in [6.45, 7) is 0.0462. The van der Waals surface area contributed by atoms with Gasteiger partial charge in [0.15, 0.2) is 0 Å². The number of para-hydroxylation sites is 1. The highest BCUT2D eigenvalue weighted by Gasteiger charge is 2.47. The van der Waals surface area contributed by atoms with E-state index in [4.69, 9.17) is 0 Å². The fourth-order valence-corrected chi connectivity index (χ4v) is 3.31. The average Bonchev–Trinajstić information content (AvgIpc) is 2.85. The van der Waals surface area contributed by atoms with Crippen LogP contribution >= 0.6 is 0 Å². The lowest BCUT2D eigenvalue weighted by Crippen LogP contribution is -2.49. The van der Waals surface area contributed by atoms with E-state index >= 15 is 0 Å². The second kappa shape index (κ2) is 4.68. The van der Waals surface area contributed by atoms with Crippen LogP contribution in [0.2, 0.25) is 0 Å². The van der Waals surface area contributed by atoms with Crippen LogP contribution in [-0.4, -0.2) is 35.0 Å². The Labute approximate surface area is 127 Å². The van der Waals surface area contributed by atoms with Crippen molar-refractivity contribution in [2.75, 3.05) is 18.1 Å². The molecular weight excluding hydrogens is 280 g/mol. The number of rotatable bonds is 2. The summed E-state index contributed by atoms with van der Waals surface area (Å²) in [4.78, 5) is 28.7. The molecule has 5 nitrogen and oxygen atoms in total. The van der Waals surface area contributed by atoms with E-state index in [-0.39, 0.29) is 25.0 Å². The second-order valence-electron chi connectivity index (χ2n) is 5.38. The maximum atomic E-state index is 12.8. The Morgan fingerprint density at radius 3 is 2.36 bits per heavy atom. The number of carbonyl (C=O) groups is 2. The number of amides is 2. The lowest BCUT2D eigenvalue weighted by atomic mass is 10.0. The van der Waals surface area contributed by atoms with Gasteiger partial charge in [0, 0.05) is 17.7 Å². The molecule has 110 valence electrons. The zero-order chi connectivity index (χ0) is 15.3. The molecule has 2 aromatic carbocycles. The van der Waals surface area contributed by atoms with Crippen LogP contribution in [0.3, 0.4) is 0 Å². The first-order valence-electron chi connectivity index (χ1n) is 7.17. The molecule has 5 heteroatoms. The highest BCUT2D eigenvalue weighted by atomic mass is 16.3. The van der Waals surface area contributed by atoms with Crippen molar-refractivity contribution in [1.29, 1.82) is 0 Å². The summed E-state index contributed by atoms with van der Waals surface area (Å²) in [5, 5.41) is 9.32. The highest BCUT2D eigenvalue weighted by Crippen LogP contribution is 2.44. The smallest absolute Gasteiger partial charge is 0.260 e. The molecule has 0 saturated carbocycles. The topological polar surface area (TPSA) is 60.9 Å². The van der Waals surface area contributed by atoms with Gasteiger partial charge in [0.05, 0.1) is 17.9 Å². The van der Waals surface area contributed by atoms with Gasteiger partial charge in [-0.1, -0.05) is 30.3 Å². The Bertz CT molecular complexity index is 787. The van der Waals surface area contributed by atoms with Gasteiger partial charge in [-0.2, -0.15) is 0 Å². The first kappa shape index (κ1) is 13.0. The molecule has 2 amide bonds. The van der Waals surface area contributed by atoms with E-state index in [2.05, 4.69) is 0 Å². The van der Waals surface area contributed by atoms with E-state index in [9.17, 15) is 14.7 Å². The standard InChI is InChI=1S/C17H14N2O3/c20-10-9-18-15-11-5-1-2-6-12(11)17(22)19(15)14-8-4-3-7-13(14)16(18)21/h1-8,15,20H,9-10H2/t15-/m0/s1. The van der Waals surface area contributed by atoms with Crippen molar-refractivity contribution in [3.05, 3.63) is 65.2 Å². The SMILES string of the molecule is O=C1c2ccccc2N2C(=O)c3ccccc3[C@H]2N1CCO. The molecule has 0 aliphatic carbocycles. The minimum absolute atomic E-state index is 0.108. The van der Waals surface area contributed by atoms with Gasteiger partial charge in [0.1, 0.15) is 6.17 Å². The molecule has 2 aliphatic heterocycles. The van der Waals surface area contributed by atoms with Crippen molar-refractivity contribution in [3.63, 3.8) is 0 Å². The lowest BCUT2D eigenvalue weighted by molar-refractivity contribution is 0.0603. The van der Waals surface area contributed by atoms with E-state index in [0.29, 0.717) is 16.8 Å². The van der Waals surface area contributed by atoms with Gasteiger partial charge in [-0.3, -0.25) is 14.5 Å². The third-order valence-electron chi connectivity index (χ3n) is 4.22. The molecule has 4 rings (SSSR count). The summed E-state index contributed by atoms with van der Waals surface area (Å²) in [5.41, 5.74) is 2.55. The second-order valence-corrected chi connectivity index (χ2v) is 5.38. The van der Waals surface area contributed by atoms with Gasteiger partial charge < -0.3 is 10.0 Å². The summed E-state index contributed by atoms with van der Waals surface area (Å²) >= 11 is 0. The highest BCUT2D eigenvalue weighted by molar-refractivity contribution is 6.16. The molecule has 2 aliphatic rings. The Morgan fingerprint density at radius 1 is 0.909 bits per heavy atom. The third kappa shape index (κ3) is 1.57. The van der Waals surface area contributed by atoms with Crippen molar-refractivity contribution in [1.82, 2.24) is 4.90 Å². The van der Waals surface area contributed by atoms with Crippen LogP contribution in [0.5, 0.6) is 0 Å². The molecule has 2 aromatic rings. The molecule has 0 aromatic heterocycles. The number of nitrogens with zero attached hydrogens (tertiary/aromatic N) is 2. The van der Waals surface area contributed by atoms with Crippen LogP contribution in [0.25, 0.3) is 0 Å². The van der Waals surface area contributed by atoms with Crippen molar-refractivity contribution in [2.24, 2.45) is 0 Å². The quantitative estimate of drug-likeness (QED) is 0.918. The summed E-state index contributed by atoms with van der Waals surface area (Å²) in [7, 11) is 0. The average molecular weight is 294 g/mol. The van der Waals surface area contributed by atoms with Crippen LogP contribution in [0.15, 0.2) is 48.5 Å². The molecule has 0 saturated heterocycles. The van der Waals surface area contributed by atoms with Crippen LogP contribution in [0.4, 0.5) is 5.69 Å². The Balaban J connectivity index is 1.97. The first-order chi connectivity index (χ1) is 10.7. The van der Waals surface area contributed by atoms with Crippen LogP contribution < -0.4 is 4.90 Å². The Hall–Kier alpha value is -2.66. The third-order valence-corrected chi connectivity index (χ3v) is 4.22. The Kier molecular flexibility index (Phi) is 2.77. The summed E-state index contributed by atoms with van der Waals surface area (Å²) in [6.07, 6.45) is -0.474. The van der Waals surface area contributed by atoms with E-state index in [1.807, 2.05) is 24.3 Å². The van der Waals surface area contributed by atoms with Crippen molar-refractivity contribution in [3.8, 4) is 0 Å². The monoisotopic (exact) mass is 294 g/mol. The summed E-state index contributed by atoms with van der Waals surface area (Å²) < 4.78 is 0. The van der Waals surface area contributed by atoms with Gasteiger partial charge in [0.2, 0.25) is 0 Å².